The molecule has 1 aromatic heterocycles. The van der Waals surface area contributed by atoms with Crippen LogP contribution in [0.15, 0.2) is 66.2 Å². The Bertz CT molecular complexity index is 823. The number of carbonyl (C=O) groups is 1. The van der Waals surface area contributed by atoms with E-state index in [1.165, 1.54) is 4.90 Å². The van der Waals surface area contributed by atoms with E-state index in [2.05, 4.69) is 18.3 Å². The van der Waals surface area contributed by atoms with Crippen LogP contribution in [0.1, 0.15) is 31.6 Å². The summed E-state index contributed by atoms with van der Waals surface area (Å²) >= 11 is 6.60. The van der Waals surface area contributed by atoms with Gasteiger partial charge in [-0.15, -0.1) is 13.2 Å². The zero-order valence-electron chi connectivity index (χ0n) is 15.8. The van der Waals surface area contributed by atoms with Gasteiger partial charge in [0.2, 0.25) is 5.88 Å². The number of anilines is 1. The molecule has 3 unspecified atom stereocenters. The molecule has 0 N–H and O–H groups in total. The minimum Gasteiger partial charge on any atom is -0.484 e. The molecule has 2 heterocycles. The first-order chi connectivity index (χ1) is 13.6. The molecule has 0 spiro atoms. The number of amides is 2. The maximum absolute atomic E-state index is 12.9. The number of rotatable bonds is 9. The second kappa shape index (κ2) is 8.97. The van der Waals surface area contributed by atoms with Crippen molar-refractivity contribution < 1.29 is 14.1 Å². The number of nitrogens with zero attached hydrogens (tertiary/aromatic N) is 3. The summed E-state index contributed by atoms with van der Waals surface area (Å²) in [5.74, 6) is 1.05. The molecule has 3 rings (SSSR count). The summed E-state index contributed by atoms with van der Waals surface area (Å²) in [7, 11) is 0. The van der Waals surface area contributed by atoms with E-state index in [-0.39, 0.29) is 18.2 Å². The number of alkyl halides is 1. The lowest BCUT2D eigenvalue weighted by molar-refractivity contribution is 0.190. The summed E-state index contributed by atoms with van der Waals surface area (Å²) in [6, 6.07) is 10.8. The van der Waals surface area contributed by atoms with E-state index in [9.17, 15) is 4.79 Å². The van der Waals surface area contributed by atoms with Crippen LogP contribution in [0, 0.1) is 0 Å². The number of ether oxygens (including phenoxy) is 1. The second-order valence-corrected chi connectivity index (χ2v) is 6.92. The molecule has 0 saturated carbocycles. The Balaban J connectivity index is 1.82. The molecule has 6 nitrogen and oxygen atoms in total. The molecule has 0 bridgehead atoms. The lowest BCUT2D eigenvalue weighted by Crippen LogP contribution is -2.35. The molecule has 2 amide bonds. The van der Waals surface area contributed by atoms with E-state index in [1.54, 1.807) is 23.1 Å². The quantitative estimate of drug-likeness (QED) is 0.331. The van der Waals surface area contributed by atoms with Crippen molar-refractivity contribution in [3.63, 3.8) is 0 Å². The number of aromatic nitrogens is 1. The van der Waals surface area contributed by atoms with Crippen molar-refractivity contribution >= 4 is 23.5 Å². The fourth-order valence-corrected chi connectivity index (χ4v) is 3.66. The molecule has 7 heteroatoms. The third-order valence-corrected chi connectivity index (χ3v) is 5.11. The summed E-state index contributed by atoms with van der Waals surface area (Å²) in [6.07, 6.45) is 4.40. The van der Waals surface area contributed by atoms with Gasteiger partial charge >= 0.3 is 6.03 Å². The van der Waals surface area contributed by atoms with Crippen molar-refractivity contribution in [3.05, 3.63) is 67.4 Å². The van der Waals surface area contributed by atoms with Crippen LogP contribution in [-0.4, -0.2) is 34.2 Å². The van der Waals surface area contributed by atoms with Crippen molar-refractivity contribution in [2.45, 2.75) is 37.4 Å². The molecule has 1 aliphatic rings. The molecular formula is C21H24ClN3O3. The van der Waals surface area contributed by atoms with E-state index in [1.807, 2.05) is 37.3 Å². The molecule has 1 aliphatic heterocycles. The van der Waals surface area contributed by atoms with E-state index < -0.39 is 5.50 Å². The average Bonchev–Trinajstić information content (AvgIpc) is 3.26. The highest BCUT2D eigenvalue weighted by molar-refractivity contribution is 6.26. The normalized spacial score (nSPS) is 20.3. The SMILES string of the molecule is C=CCC1C(Cl)N(c2cc(C(CC)Oc3ccccc3)no2)C(=O)N1CC=C. The Morgan fingerprint density at radius 3 is 2.71 bits per heavy atom. The number of para-hydroxylation sites is 1. The molecule has 28 heavy (non-hydrogen) atoms. The van der Waals surface area contributed by atoms with Crippen LogP contribution in [0.4, 0.5) is 10.7 Å². The molecule has 0 radical (unpaired) electrons. The third-order valence-electron chi connectivity index (χ3n) is 4.63. The van der Waals surface area contributed by atoms with Gasteiger partial charge in [-0.05, 0) is 25.0 Å². The molecule has 2 aromatic rings. The van der Waals surface area contributed by atoms with Crippen molar-refractivity contribution in [1.82, 2.24) is 10.1 Å². The van der Waals surface area contributed by atoms with Gasteiger partial charge in [-0.2, -0.15) is 0 Å². The fraction of sp³-hybridized carbons (Fsp3) is 0.333. The molecule has 1 fully saturated rings. The van der Waals surface area contributed by atoms with Crippen LogP contribution in [0.3, 0.4) is 0 Å². The maximum atomic E-state index is 12.9. The Labute approximate surface area is 170 Å². The predicted octanol–water partition coefficient (Wildman–Crippen LogP) is 5.14. The number of hydrogen-bond donors (Lipinski definition) is 0. The van der Waals surface area contributed by atoms with Crippen LogP contribution in [0.2, 0.25) is 0 Å². The standard InChI is InChI=1S/C21H24ClN3O3/c1-4-10-17-20(22)25(21(26)24(17)13-5-2)19-14-16(23-28-19)18(6-3)27-15-11-8-7-9-12-15/h4-5,7-9,11-12,14,17-18,20H,1-2,6,10,13H2,3H3. The van der Waals surface area contributed by atoms with Gasteiger partial charge in [0.1, 0.15) is 23.0 Å². The number of urea groups is 1. The van der Waals surface area contributed by atoms with Crippen LogP contribution in [-0.2, 0) is 0 Å². The first-order valence-electron chi connectivity index (χ1n) is 9.24. The first kappa shape index (κ1) is 20.0. The molecule has 0 aliphatic carbocycles. The van der Waals surface area contributed by atoms with Crippen LogP contribution < -0.4 is 9.64 Å². The van der Waals surface area contributed by atoms with Gasteiger partial charge in [0, 0.05) is 12.6 Å². The minimum absolute atomic E-state index is 0.222. The van der Waals surface area contributed by atoms with Gasteiger partial charge in [0.05, 0.1) is 6.04 Å². The van der Waals surface area contributed by atoms with Crippen molar-refractivity contribution in [2.24, 2.45) is 0 Å². The van der Waals surface area contributed by atoms with Gasteiger partial charge in [0.15, 0.2) is 0 Å². The molecule has 3 atom stereocenters. The Kier molecular flexibility index (Phi) is 6.41. The Morgan fingerprint density at radius 1 is 1.32 bits per heavy atom. The molecule has 1 saturated heterocycles. The first-order valence-corrected chi connectivity index (χ1v) is 9.68. The zero-order chi connectivity index (χ0) is 20.1. The van der Waals surface area contributed by atoms with Crippen molar-refractivity contribution in [1.29, 1.82) is 0 Å². The maximum Gasteiger partial charge on any atom is 0.328 e. The highest BCUT2D eigenvalue weighted by atomic mass is 35.5. The van der Waals surface area contributed by atoms with Crippen LogP contribution in [0.5, 0.6) is 5.75 Å². The Morgan fingerprint density at radius 2 is 2.07 bits per heavy atom. The third kappa shape index (κ3) is 3.92. The largest absolute Gasteiger partial charge is 0.484 e. The molecular weight excluding hydrogens is 378 g/mol. The van der Waals surface area contributed by atoms with Gasteiger partial charge in [-0.3, -0.25) is 0 Å². The second-order valence-electron chi connectivity index (χ2n) is 6.48. The van der Waals surface area contributed by atoms with Gasteiger partial charge in [0.25, 0.3) is 0 Å². The van der Waals surface area contributed by atoms with E-state index in [0.717, 1.165) is 5.75 Å². The number of carbonyl (C=O) groups excluding carboxylic acids is 1. The minimum atomic E-state index is -0.596. The van der Waals surface area contributed by atoms with Gasteiger partial charge in [-0.1, -0.05) is 54.0 Å². The lowest BCUT2D eigenvalue weighted by Gasteiger charge is -2.21. The zero-order valence-corrected chi connectivity index (χ0v) is 16.6. The highest BCUT2D eigenvalue weighted by Gasteiger charge is 2.46. The fourth-order valence-electron chi connectivity index (χ4n) is 3.25. The van der Waals surface area contributed by atoms with Crippen molar-refractivity contribution in [2.75, 3.05) is 11.4 Å². The Hall–Kier alpha value is -2.73. The van der Waals surface area contributed by atoms with E-state index in [4.69, 9.17) is 20.9 Å². The predicted molar refractivity (Wildman–Crippen MR) is 110 cm³/mol. The summed E-state index contributed by atoms with van der Waals surface area (Å²) in [5.41, 5.74) is 0.0156. The summed E-state index contributed by atoms with van der Waals surface area (Å²) < 4.78 is 11.5. The summed E-state index contributed by atoms with van der Waals surface area (Å²) in [4.78, 5) is 16.0. The molecule has 148 valence electrons. The summed E-state index contributed by atoms with van der Waals surface area (Å²) in [5, 5.41) is 4.13. The smallest absolute Gasteiger partial charge is 0.328 e. The number of halogens is 1. The lowest BCUT2D eigenvalue weighted by atomic mass is 10.2. The van der Waals surface area contributed by atoms with Crippen LogP contribution >= 0.6 is 11.6 Å². The summed E-state index contributed by atoms with van der Waals surface area (Å²) in [6.45, 7) is 9.88. The number of hydrogen-bond acceptors (Lipinski definition) is 4. The van der Waals surface area contributed by atoms with E-state index in [0.29, 0.717) is 31.0 Å². The van der Waals surface area contributed by atoms with Crippen LogP contribution in [0.25, 0.3) is 0 Å². The van der Waals surface area contributed by atoms with Crippen molar-refractivity contribution in [3.8, 4) is 5.75 Å². The average molecular weight is 402 g/mol. The van der Waals surface area contributed by atoms with Gasteiger partial charge in [-0.25, -0.2) is 9.69 Å². The van der Waals surface area contributed by atoms with Gasteiger partial charge < -0.3 is 14.2 Å². The number of benzene rings is 1. The highest BCUT2D eigenvalue weighted by Crippen LogP contribution is 2.35. The monoisotopic (exact) mass is 401 g/mol. The molecule has 1 aromatic carbocycles. The van der Waals surface area contributed by atoms with E-state index >= 15 is 0 Å². The topological polar surface area (TPSA) is 58.8 Å².